The second-order valence-electron chi connectivity index (χ2n) is 5.79. The Hall–Kier alpha value is -1.55. The largest absolute Gasteiger partial charge is 0.342 e. The number of piperidine rings is 1. The standard InChI is InChI=1S/C16H20ClN3O/c1-12-6-9-19(10-7-12)16-18-8-11-20(16)15(21)13-4-2-3-5-14(13)17/h2-5,12H,6-11H2,1H3. The minimum absolute atomic E-state index is 0.0459. The average molecular weight is 306 g/mol. The van der Waals surface area contributed by atoms with Gasteiger partial charge >= 0.3 is 0 Å². The lowest BCUT2D eigenvalue weighted by Gasteiger charge is -2.34. The van der Waals surface area contributed by atoms with Crippen LogP contribution in [0.5, 0.6) is 0 Å². The Morgan fingerprint density at radius 3 is 2.67 bits per heavy atom. The maximum absolute atomic E-state index is 12.7. The van der Waals surface area contributed by atoms with Gasteiger partial charge in [-0.25, -0.2) is 0 Å². The highest BCUT2D eigenvalue weighted by atomic mass is 35.5. The summed E-state index contributed by atoms with van der Waals surface area (Å²) in [6, 6.07) is 7.21. The van der Waals surface area contributed by atoms with E-state index in [0.717, 1.165) is 37.8 Å². The Labute approximate surface area is 130 Å². The minimum atomic E-state index is -0.0459. The Bertz CT molecular complexity index is 564. The monoisotopic (exact) mass is 305 g/mol. The Kier molecular flexibility index (Phi) is 4.15. The van der Waals surface area contributed by atoms with Gasteiger partial charge in [-0.3, -0.25) is 14.7 Å². The van der Waals surface area contributed by atoms with Crippen molar-refractivity contribution in [2.75, 3.05) is 26.2 Å². The maximum atomic E-state index is 12.7. The molecule has 1 aromatic rings. The lowest BCUT2D eigenvalue weighted by molar-refractivity contribution is 0.0839. The van der Waals surface area contributed by atoms with Crippen LogP contribution in [0.3, 0.4) is 0 Å². The van der Waals surface area contributed by atoms with Gasteiger partial charge in [-0.1, -0.05) is 30.7 Å². The third-order valence-electron chi connectivity index (χ3n) is 4.23. The lowest BCUT2D eigenvalue weighted by atomic mass is 9.99. The molecule has 0 spiro atoms. The summed E-state index contributed by atoms with van der Waals surface area (Å²) in [6.07, 6.45) is 2.32. The molecule has 0 aliphatic carbocycles. The van der Waals surface area contributed by atoms with Crippen LogP contribution in [-0.2, 0) is 0 Å². The number of likely N-dealkylation sites (tertiary alicyclic amines) is 1. The van der Waals surface area contributed by atoms with Crippen molar-refractivity contribution in [2.24, 2.45) is 10.9 Å². The van der Waals surface area contributed by atoms with Crippen molar-refractivity contribution in [3.63, 3.8) is 0 Å². The number of halogens is 1. The van der Waals surface area contributed by atoms with E-state index in [1.807, 2.05) is 12.1 Å². The van der Waals surface area contributed by atoms with Crippen molar-refractivity contribution >= 4 is 23.5 Å². The van der Waals surface area contributed by atoms with Gasteiger partial charge in [-0.15, -0.1) is 0 Å². The van der Waals surface area contributed by atoms with Crippen molar-refractivity contribution in [2.45, 2.75) is 19.8 Å². The molecule has 4 nitrogen and oxygen atoms in total. The topological polar surface area (TPSA) is 35.9 Å². The molecule has 0 radical (unpaired) electrons. The molecular formula is C16H20ClN3O. The highest BCUT2D eigenvalue weighted by molar-refractivity contribution is 6.34. The smallest absolute Gasteiger partial charge is 0.262 e. The lowest BCUT2D eigenvalue weighted by Crippen LogP contribution is -2.47. The minimum Gasteiger partial charge on any atom is -0.342 e. The summed E-state index contributed by atoms with van der Waals surface area (Å²) < 4.78 is 0. The van der Waals surface area contributed by atoms with E-state index >= 15 is 0 Å². The van der Waals surface area contributed by atoms with Crippen LogP contribution in [0, 0.1) is 5.92 Å². The van der Waals surface area contributed by atoms with E-state index in [1.54, 1.807) is 17.0 Å². The summed E-state index contributed by atoms with van der Waals surface area (Å²) >= 11 is 6.15. The van der Waals surface area contributed by atoms with Gasteiger partial charge in [0.15, 0.2) is 0 Å². The van der Waals surface area contributed by atoms with Crippen molar-refractivity contribution in [3.05, 3.63) is 34.9 Å². The number of hydrogen-bond acceptors (Lipinski definition) is 3. The maximum Gasteiger partial charge on any atom is 0.262 e. The highest BCUT2D eigenvalue weighted by Crippen LogP contribution is 2.22. The van der Waals surface area contributed by atoms with Crippen LogP contribution in [0.1, 0.15) is 30.1 Å². The first-order valence-electron chi connectivity index (χ1n) is 7.52. The summed E-state index contributed by atoms with van der Waals surface area (Å²) in [5, 5.41) is 0.501. The van der Waals surface area contributed by atoms with E-state index in [1.165, 1.54) is 0 Å². The number of hydrogen-bond donors (Lipinski definition) is 0. The number of carbonyl (C=O) groups is 1. The van der Waals surface area contributed by atoms with Crippen molar-refractivity contribution in [1.29, 1.82) is 0 Å². The molecule has 0 atom stereocenters. The molecule has 1 aromatic carbocycles. The van der Waals surface area contributed by atoms with Crippen molar-refractivity contribution in [3.8, 4) is 0 Å². The summed E-state index contributed by atoms with van der Waals surface area (Å²) in [7, 11) is 0. The number of rotatable bonds is 1. The number of amides is 1. The molecule has 0 unspecified atom stereocenters. The molecule has 1 fully saturated rings. The Morgan fingerprint density at radius 1 is 1.24 bits per heavy atom. The second kappa shape index (κ2) is 6.06. The van der Waals surface area contributed by atoms with Gasteiger partial charge in [0.2, 0.25) is 5.96 Å². The molecular weight excluding hydrogens is 286 g/mol. The molecule has 2 aliphatic rings. The van der Waals surface area contributed by atoms with Crippen LogP contribution in [0.4, 0.5) is 0 Å². The average Bonchev–Trinajstić information content (AvgIpc) is 2.97. The Morgan fingerprint density at radius 2 is 1.95 bits per heavy atom. The number of benzene rings is 1. The molecule has 1 saturated heterocycles. The van der Waals surface area contributed by atoms with E-state index in [2.05, 4.69) is 16.8 Å². The zero-order chi connectivity index (χ0) is 14.8. The first kappa shape index (κ1) is 14.4. The van der Waals surface area contributed by atoms with Gasteiger partial charge in [0.1, 0.15) is 0 Å². The second-order valence-corrected chi connectivity index (χ2v) is 6.20. The normalized spacial score (nSPS) is 19.8. The van der Waals surface area contributed by atoms with Crippen molar-refractivity contribution < 1.29 is 4.79 Å². The highest BCUT2D eigenvalue weighted by Gasteiger charge is 2.31. The molecule has 3 rings (SSSR count). The fourth-order valence-electron chi connectivity index (χ4n) is 2.89. The molecule has 112 valence electrons. The van der Waals surface area contributed by atoms with E-state index in [4.69, 9.17) is 11.6 Å². The summed E-state index contributed by atoms with van der Waals surface area (Å²) in [4.78, 5) is 21.3. The van der Waals surface area contributed by atoms with Gasteiger partial charge in [0, 0.05) is 19.6 Å². The molecule has 0 bridgehead atoms. The number of guanidine groups is 1. The van der Waals surface area contributed by atoms with Crippen LogP contribution >= 0.6 is 11.6 Å². The van der Waals surface area contributed by atoms with Crippen LogP contribution in [0.25, 0.3) is 0 Å². The van der Waals surface area contributed by atoms with E-state index in [9.17, 15) is 4.79 Å². The SMILES string of the molecule is CC1CCN(C2=NCCN2C(=O)c2ccccc2Cl)CC1. The molecule has 2 aliphatic heterocycles. The fraction of sp³-hybridized carbons (Fsp3) is 0.500. The molecule has 21 heavy (non-hydrogen) atoms. The van der Waals surface area contributed by atoms with E-state index in [0.29, 0.717) is 23.7 Å². The Balaban J connectivity index is 1.78. The van der Waals surface area contributed by atoms with E-state index < -0.39 is 0 Å². The van der Waals surface area contributed by atoms with Gasteiger partial charge < -0.3 is 4.90 Å². The predicted octanol–water partition coefficient (Wildman–Crippen LogP) is 2.88. The number of carbonyl (C=O) groups excluding carboxylic acids is 1. The first-order valence-corrected chi connectivity index (χ1v) is 7.90. The third-order valence-corrected chi connectivity index (χ3v) is 4.56. The van der Waals surface area contributed by atoms with Crippen molar-refractivity contribution in [1.82, 2.24) is 9.80 Å². The quantitative estimate of drug-likeness (QED) is 0.800. The van der Waals surface area contributed by atoms with Crippen LogP contribution in [0.2, 0.25) is 5.02 Å². The summed E-state index contributed by atoms with van der Waals surface area (Å²) in [5.74, 6) is 1.54. The van der Waals surface area contributed by atoms with Gasteiger partial charge in [0.25, 0.3) is 5.91 Å². The van der Waals surface area contributed by atoms with Gasteiger partial charge in [-0.2, -0.15) is 0 Å². The summed E-state index contributed by atoms with van der Waals surface area (Å²) in [5.41, 5.74) is 0.555. The molecule has 0 aromatic heterocycles. The number of aliphatic imine (C=N–C) groups is 1. The first-order chi connectivity index (χ1) is 10.2. The zero-order valence-corrected chi connectivity index (χ0v) is 13.0. The van der Waals surface area contributed by atoms with Crippen LogP contribution < -0.4 is 0 Å². The van der Waals surface area contributed by atoms with Gasteiger partial charge in [-0.05, 0) is 30.9 Å². The predicted molar refractivity (Wildman–Crippen MR) is 84.8 cm³/mol. The van der Waals surface area contributed by atoms with E-state index in [-0.39, 0.29) is 5.91 Å². The molecule has 2 heterocycles. The molecule has 0 N–H and O–H groups in total. The number of nitrogens with zero attached hydrogens (tertiary/aromatic N) is 3. The molecule has 0 saturated carbocycles. The fourth-order valence-corrected chi connectivity index (χ4v) is 3.10. The summed E-state index contributed by atoms with van der Waals surface area (Å²) in [6.45, 7) is 5.56. The molecule has 1 amide bonds. The van der Waals surface area contributed by atoms with Crippen LogP contribution in [0.15, 0.2) is 29.3 Å². The van der Waals surface area contributed by atoms with Gasteiger partial charge in [0.05, 0.1) is 17.1 Å². The van der Waals surface area contributed by atoms with Crippen LogP contribution in [-0.4, -0.2) is 47.8 Å². The third kappa shape index (κ3) is 2.91. The molecule has 5 heteroatoms. The zero-order valence-electron chi connectivity index (χ0n) is 12.3.